The molecule has 0 spiro atoms. The van der Waals surface area contributed by atoms with E-state index in [4.69, 9.17) is 28.9 Å². The van der Waals surface area contributed by atoms with E-state index >= 15 is 0 Å². The van der Waals surface area contributed by atoms with Crippen molar-refractivity contribution >= 4 is 35.0 Å². The van der Waals surface area contributed by atoms with Gasteiger partial charge in [0.2, 0.25) is 5.91 Å². The molecular weight excluding hydrogens is 456 g/mol. The molecule has 3 N–H and O–H groups in total. The maximum absolute atomic E-state index is 14.6. The first-order valence-electron chi connectivity index (χ1n) is 9.76. The van der Waals surface area contributed by atoms with E-state index in [1.807, 2.05) is 0 Å². The lowest BCUT2D eigenvalue weighted by Crippen LogP contribution is -2.43. The number of amides is 2. The molecule has 1 aliphatic rings. The number of aromatic hydroxyl groups is 1. The van der Waals surface area contributed by atoms with E-state index in [0.717, 1.165) is 0 Å². The SMILES string of the molecule is NC(=O)[C@@H](c1cccnc1)N(C(=O)c1cccc(Cl)c1O)[C@@H]1CCc2c(F)cc(Cl)cc21. The van der Waals surface area contributed by atoms with E-state index < -0.39 is 35.5 Å². The highest BCUT2D eigenvalue weighted by Gasteiger charge is 2.41. The van der Waals surface area contributed by atoms with E-state index in [-0.39, 0.29) is 15.6 Å². The molecule has 0 unspecified atom stereocenters. The molecule has 1 aliphatic carbocycles. The minimum Gasteiger partial charge on any atom is -0.506 e. The molecule has 0 radical (unpaired) electrons. The van der Waals surface area contributed by atoms with Crippen LogP contribution < -0.4 is 5.73 Å². The zero-order valence-electron chi connectivity index (χ0n) is 16.6. The largest absolute Gasteiger partial charge is 0.506 e. The molecule has 0 aliphatic heterocycles. The van der Waals surface area contributed by atoms with Gasteiger partial charge in [0, 0.05) is 23.0 Å². The first-order valence-corrected chi connectivity index (χ1v) is 10.5. The molecule has 0 fully saturated rings. The number of pyridine rings is 1. The van der Waals surface area contributed by atoms with E-state index in [2.05, 4.69) is 4.98 Å². The maximum atomic E-state index is 14.6. The summed E-state index contributed by atoms with van der Waals surface area (Å²) in [5.41, 5.74) is 6.93. The summed E-state index contributed by atoms with van der Waals surface area (Å²) in [4.78, 5) is 31.7. The fourth-order valence-corrected chi connectivity index (χ4v) is 4.56. The quantitative estimate of drug-likeness (QED) is 0.566. The van der Waals surface area contributed by atoms with E-state index in [9.17, 15) is 19.1 Å². The van der Waals surface area contributed by atoms with Gasteiger partial charge < -0.3 is 15.7 Å². The standard InChI is InChI=1S/C23H18Cl2FN3O3/c24-13-9-16-14(18(26)10-13)6-7-19(16)29(20(22(27)31)12-3-2-8-28-11-12)23(32)15-4-1-5-17(25)21(15)30/h1-5,8-11,19-20,30H,6-7H2,(H2,27,31)/t19-,20-/m1/s1. The summed E-state index contributed by atoms with van der Waals surface area (Å²) in [5, 5.41) is 10.6. The van der Waals surface area contributed by atoms with E-state index in [0.29, 0.717) is 29.5 Å². The number of hydrogen-bond donors (Lipinski definition) is 2. The van der Waals surface area contributed by atoms with E-state index in [1.54, 1.807) is 18.2 Å². The minimum atomic E-state index is -1.23. The van der Waals surface area contributed by atoms with Crippen molar-refractivity contribution in [3.63, 3.8) is 0 Å². The molecule has 4 rings (SSSR count). The van der Waals surface area contributed by atoms with Gasteiger partial charge in [0.15, 0.2) is 0 Å². The van der Waals surface area contributed by atoms with Gasteiger partial charge in [-0.25, -0.2) is 4.39 Å². The van der Waals surface area contributed by atoms with Crippen LogP contribution in [-0.2, 0) is 11.2 Å². The molecule has 32 heavy (non-hydrogen) atoms. The lowest BCUT2D eigenvalue weighted by molar-refractivity contribution is -0.123. The van der Waals surface area contributed by atoms with E-state index in [1.165, 1.54) is 41.6 Å². The second-order valence-electron chi connectivity index (χ2n) is 7.45. The average molecular weight is 474 g/mol. The molecule has 2 atom stereocenters. The van der Waals surface area contributed by atoms with Crippen molar-refractivity contribution in [1.29, 1.82) is 0 Å². The number of nitrogens with zero attached hydrogens (tertiary/aromatic N) is 2. The molecule has 1 heterocycles. The van der Waals surface area contributed by atoms with Crippen molar-refractivity contribution in [3.05, 3.63) is 93.0 Å². The van der Waals surface area contributed by atoms with Crippen LogP contribution in [0.4, 0.5) is 4.39 Å². The number of phenols is 1. The van der Waals surface area contributed by atoms with Gasteiger partial charge in [0.05, 0.1) is 16.6 Å². The fraction of sp³-hybridized carbons (Fsp3) is 0.174. The molecule has 0 saturated heterocycles. The van der Waals surface area contributed by atoms with Gasteiger partial charge >= 0.3 is 0 Å². The van der Waals surface area contributed by atoms with Crippen molar-refractivity contribution in [2.75, 3.05) is 0 Å². The minimum absolute atomic E-state index is 0.0197. The topological polar surface area (TPSA) is 96.5 Å². The maximum Gasteiger partial charge on any atom is 0.259 e. The van der Waals surface area contributed by atoms with Gasteiger partial charge in [-0.2, -0.15) is 0 Å². The normalized spacial score (nSPS) is 15.8. The number of aromatic nitrogens is 1. The van der Waals surface area contributed by atoms with Crippen molar-refractivity contribution in [2.45, 2.75) is 24.9 Å². The Morgan fingerprint density at radius 1 is 1.22 bits per heavy atom. The molecule has 0 bridgehead atoms. The number of rotatable bonds is 5. The highest BCUT2D eigenvalue weighted by molar-refractivity contribution is 6.32. The summed E-state index contributed by atoms with van der Waals surface area (Å²) in [6.45, 7) is 0. The van der Waals surface area contributed by atoms with Gasteiger partial charge in [0.25, 0.3) is 5.91 Å². The number of para-hydroxylation sites is 1. The lowest BCUT2D eigenvalue weighted by atomic mass is 9.98. The first kappa shape index (κ1) is 22.0. The number of hydrogen-bond acceptors (Lipinski definition) is 4. The predicted octanol–water partition coefficient (Wildman–Crippen LogP) is 4.59. The van der Waals surface area contributed by atoms with Crippen LogP contribution in [-0.4, -0.2) is 26.8 Å². The molecule has 2 amide bonds. The summed E-state index contributed by atoms with van der Waals surface area (Å²) in [7, 11) is 0. The Bertz CT molecular complexity index is 1210. The number of benzene rings is 2. The van der Waals surface area contributed by atoms with Crippen LogP contribution in [0.1, 0.15) is 45.6 Å². The molecule has 2 aromatic carbocycles. The number of halogens is 3. The number of carbonyl (C=O) groups is 2. The molecule has 9 heteroatoms. The zero-order valence-corrected chi connectivity index (χ0v) is 18.1. The van der Waals surface area contributed by atoms with Crippen molar-refractivity contribution < 1.29 is 19.1 Å². The molecule has 6 nitrogen and oxygen atoms in total. The van der Waals surface area contributed by atoms with Crippen LogP contribution in [0, 0.1) is 5.82 Å². The molecule has 0 saturated carbocycles. The van der Waals surface area contributed by atoms with Crippen LogP contribution in [0.15, 0.2) is 54.9 Å². The molecule has 3 aromatic rings. The molecule has 1 aromatic heterocycles. The lowest BCUT2D eigenvalue weighted by Gasteiger charge is -2.36. The Morgan fingerprint density at radius 3 is 2.69 bits per heavy atom. The Hall–Kier alpha value is -3.16. The third kappa shape index (κ3) is 3.89. The second-order valence-corrected chi connectivity index (χ2v) is 8.29. The Balaban J connectivity index is 1.91. The van der Waals surface area contributed by atoms with Gasteiger partial charge in [-0.15, -0.1) is 0 Å². The Labute approximate surface area is 193 Å². The van der Waals surface area contributed by atoms with Crippen molar-refractivity contribution in [3.8, 4) is 5.75 Å². The van der Waals surface area contributed by atoms with Crippen molar-refractivity contribution in [2.24, 2.45) is 5.73 Å². The Morgan fingerprint density at radius 2 is 2.00 bits per heavy atom. The highest BCUT2D eigenvalue weighted by Crippen LogP contribution is 2.44. The number of phenolic OH excluding ortho intramolecular Hbond substituents is 1. The van der Waals surface area contributed by atoms with Gasteiger partial charge in [0.1, 0.15) is 17.6 Å². The number of primary amides is 1. The summed E-state index contributed by atoms with van der Waals surface area (Å²) < 4.78 is 14.6. The van der Waals surface area contributed by atoms with Crippen LogP contribution in [0.3, 0.4) is 0 Å². The van der Waals surface area contributed by atoms with Crippen molar-refractivity contribution in [1.82, 2.24) is 9.88 Å². The third-order valence-corrected chi connectivity index (χ3v) is 6.08. The van der Waals surface area contributed by atoms with Crippen LogP contribution >= 0.6 is 23.2 Å². The first-order chi connectivity index (χ1) is 15.3. The monoisotopic (exact) mass is 473 g/mol. The number of fused-ring (bicyclic) bond motifs is 1. The summed E-state index contributed by atoms with van der Waals surface area (Å²) >= 11 is 12.1. The summed E-state index contributed by atoms with van der Waals surface area (Å²) in [6, 6.07) is 8.42. The van der Waals surface area contributed by atoms with Gasteiger partial charge in [-0.1, -0.05) is 35.3 Å². The van der Waals surface area contributed by atoms with Crippen LogP contribution in [0.2, 0.25) is 10.0 Å². The zero-order chi connectivity index (χ0) is 23.0. The highest BCUT2D eigenvalue weighted by atomic mass is 35.5. The number of carbonyl (C=O) groups excluding carboxylic acids is 2. The van der Waals surface area contributed by atoms with Crippen LogP contribution in [0.5, 0.6) is 5.75 Å². The Kier molecular flexibility index (Phi) is 6.04. The second kappa shape index (κ2) is 8.76. The number of nitrogens with two attached hydrogens (primary N) is 1. The van der Waals surface area contributed by atoms with Crippen LogP contribution in [0.25, 0.3) is 0 Å². The fourth-order valence-electron chi connectivity index (χ4n) is 4.18. The predicted molar refractivity (Wildman–Crippen MR) is 118 cm³/mol. The summed E-state index contributed by atoms with van der Waals surface area (Å²) in [6.07, 6.45) is 3.63. The van der Waals surface area contributed by atoms with Gasteiger partial charge in [-0.05, 0) is 54.3 Å². The smallest absolute Gasteiger partial charge is 0.259 e. The molecular formula is C23H18Cl2FN3O3. The third-order valence-electron chi connectivity index (χ3n) is 5.56. The average Bonchev–Trinajstić information content (AvgIpc) is 3.17. The van der Waals surface area contributed by atoms with Gasteiger partial charge in [-0.3, -0.25) is 14.6 Å². The summed E-state index contributed by atoms with van der Waals surface area (Å²) in [5.74, 6) is -2.39. The molecule has 164 valence electrons.